The van der Waals surface area contributed by atoms with Crippen molar-refractivity contribution in [2.45, 2.75) is 33.4 Å². The summed E-state index contributed by atoms with van der Waals surface area (Å²) in [6.07, 6.45) is 0. The summed E-state index contributed by atoms with van der Waals surface area (Å²) in [6, 6.07) is 15.0. The Balaban J connectivity index is 1.99. The Hall–Kier alpha value is -1.31. The Morgan fingerprint density at radius 2 is 1.58 bits per heavy atom. The third-order valence-corrected chi connectivity index (χ3v) is 3.52. The number of benzene rings is 2. The van der Waals surface area contributed by atoms with Crippen LogP contribution in [0, 0.1) is 13.8 Å². The highest BCUT2D eigenvalue weighted by molar-refractivity contribution is 6.30. The molecule has 0 fully saturated rings. The van der Waals surface area contributed by atoms with Gasteiger partial charge in [-0.25, -0.2) is 0 Å². The van der Waals surface area contributed by atoms with Crippen molar-refractivity contribution in [2.24, 2.45) is 0 Å². The molecule has 0 spiro atoms. The summed E-state index contributed by atoms with van der Waals surface area (Å²) in [6.45, 7) is 7.33. The first-order valence-corrected chi connectivity index (χ1v) is 6.98. The summed E-state index contributed by atoms with van der Waals surface area (Å²) in [5.74, 6) is 0. The predicted octanol–water partition coefficient (Wildman–Crippen LogP) is 4.81. The quantitative estimate of drug-likeness (QED) is 0.843. The van der Waals surface area contributed by atoms with Crippen LogP contribution in [0.15, 0.2) is 42.5 Å². The largest absolute Gasteiger partial charge is 0.306 e. The van der Waals surface area contributed by atoms with E-state index in [2.05, 4.69) is 56.4 Å². The summed E-state index contributed by atoms with van der Waals surface area (Å²) in [4.78, 5) is 0. The number of rotatable bonds is 4. The van der Waals surface area contributed by atoms with E-state index >= 15 is 0 Å². The maximum absolute atomic E-state index is 5.90. The first-order valence-electron chi connectivity index (χ1n) is 6.60. The van der Waals surface area contributed by atoms with E-state index in [0.717, 1.165) is 11.6 Å². The van der Waals surface area contributed by atoms with Crippen molar-refractivity contribution in [1.82, 2.24) is 5.32 Å². The maximum Gasteiger partial charge on any atom is 0.0406 e. The molecule has 0 radical (unpaired) electrons. The number of hydrogen-bond donors (Lipinski definition) is 1. The van der Waals surface area contributed by atoms with Gasteiger partial charge in [-0.2, -0.15) is 0 Å². The highest BCUT2D eigenvalue weighted by atomic mass is 35.5. The fourth-order valence-corrected chi connectivity index (χ4v) is 2.44. The maximum atomic E-state index is 5.90. The zero-order valence-electron chi connectivity index (χ0n) is 11.7. The fourth-order valence-electron chi connectivity index (χ4n) is 2.31. The lowest BCUT2D eigenvalue weighted by molar-refractivity contribution is 0.574. The van der Waals surface area contributed by atoms with Crippen molar-refractivity contribution in [1.29, 1.82) is 0 Å². The minimum atomic E-state index is 0.318. The Bertz CT molecular complexity index is 525. The van der Waals surface area contributed by atoms with E-state index in [1.54, 1.807) is 0 Å². The van der Waals surface area contributed by atoms with Gasteiger partial charge in [-0.15, -0.1) is 0 Å². The van der Waals surface area contributed by atoms with Crippen molar-refractivity contribution >= 4 is 11.6 Å². The Labute approximate surface area is 120 Å². The summed E-state index contributed by atoms with van der Waals surface area (Å²) in [5, 5.41) is 4.33. The van der Waals surface area contributed by atoms with Crippen LogP contribution in [-0.4, -0.2) is 0 Å². The topological polar surface area (TPSA) is 12.0 Å². The minimum absolute atomic E-state index is 0.318. The molecule has 2 aromatic rings. The molecule has 0 aromatic heterocycles. The van der Waals surface area contributed by atoms with Crippen LogP contribution in [0.2, 0.25) is 5.02 Å². The van der Waals surface area contributed by atoms with Crippen LogP contribution in [0.1, 0.15) is 35.2 Å². The molecule has 2 rings (SSSR count). The molecule has 19 heavy (non-hydrogen) atoms. The molecule has 1 N–H and O–H groups in total. The summed E-state index contributed by atoms with van der Waals surface area (Å²) in [7, 11) is 0. The van der Waals surface area contributed by atoms with E-state index in [-0.39, 0.29) is 0 Å². The number of nitrogens with one attached hydrogen (secondary N) is 1. The lowest BCUT2D eigenvalue weighted by Crippen LogP contribution is -2.18. The average molecular weight is 274 g/mol. The smallest absolute Gasteiger partial charge is 0.0406 e. The SMILES string of the molecule is Cc1cc(C)cc(CN[C@@H](C)c2ccc(Cl)cc2)c1. The van der Waals surface area contributed by atoms with Gasteiger partial charge in [-0.3, -0.25) is 0 Å². The average Bonchev–Trinajstić information content (AvgIpc) is 2.36. The molecule has 0 unspecified atom stereocenters. The van der Waals surface area contributed by atoms with Gasteiger partial charge in [-0.05, 0) is 44.0 Å². The standard InChI is InChI=1S/C17H20ClN/c1-12-8-13(2)10-15(9-12)11-19-14(3)16-4-6-17(18)7-5-16/h4-10,14,19H,11H2,1-3H3/t14-/m0/s1. The van der Waals surface area contributed by atoms with Gasteiger partial charge >= 0.3 is 0 Å². The van der Waals surface area contributed by atoms with E-state index in [9.17, 15) is 0 Å². The van der Waals surface area contributed by atoms with Gasteiger partial charge in [0.1, 0.15) is 0 Å². The second-order valence-corrected chi connectivity index (χ2v) is 5.59. The lowest BCUT2D eigenvalue weighted by atomic mass is 10.1. The molecular weight excluding hydrogens is 254 g/mol. The summed E-state index contributed by atoms with van der Waals surface area (Å²) in [5.41, 5.74) is 5.22. The molecule has 100 valence electrons. The number of aryl methyl sites for hydroxylation is 2. The van der Waals surface area contributed by atoms with Crippen LogP contribution >= 0.6 is 11.6 Å². The van der Waals surface area contributed by atoms with Gasteiger partial charge in [0.05, 0.1) is 0 Å². The highest BCUT2D eigenvalue weighted by Crippen LogP contribution is 2.17. The Morgan fingerprint density at radius 1 is 1.00 bits per heavy atom. The molecule has 0 aliphatic rings. The third-order valence-electron chi connectivity index (χ3n) is 3.26. The highest BCUT2D eigenvalue weighted by Gasteiger charge is 2.05. The van der Waals surface area contributed by atoms with E-state index in [4.69, 9.17) is 11.6 Å². The Morgan fingerprint density at radius 3 is 2.16 bits per heavy atom. The van der Waals surface area contributed by atoms with Crippen LogP contribution in [0.25, 0.3) is 0 Å². The first-order chi connectivity index (χ1) is 9.04. The van der Waals surface area contributed by atoms with E-state index in [1.165, 1.54) is 22.3 Å². The van der Waals surface area contributed by atoms with Gasteiger partial charge in [0.25, 0.3) is 0 Å². The minimum Gasteiger partial charge on any atom is -0.306 e. The van der Waals surface area contributed by atoms with Gasteiger partial charge in [0.15, 0.2) is 0 Å². The van der Waals surface area contributed by atoms with Gasteiger partial charge < -0.3 is 5.32 Å². The molecule has 0 saturated carbocycles. The molecule has 0 amide bonds. The van der Waals surface area contributed by atoms with Crippen LogP contribution < -0.4 is 5.32 Å². The molecule has 1 nitrogen and oxygen atoms in total. The number of hydrogen-bond acceptors (Lipinski definition) is 1. The molecule has 0 bridgehead atoms. The summed E-state index contributed by atoms with van der Waals surface area (Å²) >= 11 is 5.90. The molecule has 0 aliphatic heterocycles. The van der Waals surface area contributed by atoms with Crippen molar-refractivity contribution in [3.8, 4) is 0 Å². The van der Waals surface area contributed by atoms with Gasteiger partial charge in [0.2, 0.25) is 0 Å². The normalized spacial score (nSPS) is 12.4. The van der Waals surface area contributed by atoms with E-state index in [1.807, 2.05) is 12.1 Å². The van der Waals surface area contributed by atoms with Crippen molar-refractivity contribution in [3.05, 3.63) is 69.7 Å². The second-order valence-electron chi connectivity index (χ2n) is 5.15. The third kappa shape index (κ3) is 4.09. The second kappa shape index (κ2) is 6.23. The van der Waals surface area contributed by atoms with Gasteiger partial charge in [-0.1, -0.05) is 53.1 Å². The molecule has 0 saturated heterocycles. The van der Waals surface area contributed by atoms with Gasteiger partial charge in [0, 0.05) is 17.6 Å². The van der Waals surface area contributed by atoms with Crippen LogP contribution in [0.5, 0.6) is 0 Å². The first kappa shape index (κ1) is 14.1. The van der Waals surface area contributed by atoms with Crippen LogP contribution in [-0.2, 0) is 6.54 Å². The Kier molecular flexibility index (Phi) is 4.62. The zero-order chi connectivity index (χ0) is 13.8. The monoisotopic (exact) mass is 273 g/mol. The molecule has 1 atom stereocenters. The summed E-state index contributed by atoms with van der Waals surface area (Å²) < 4.78 is 0. The number of halogens is 1. The van der Waals surface area contributed by atoms with Crippen molar-refractivity contribution in [2.75, 3.05) is 0 Å². The zero-order valence-corrected chi connectivity index (χ0v) is 12.5. The molecular formula is C17H20ClN. The predicted molar refractivity (Wildman–Crippen MR) is 82.6 cm³/mol. The van der Waals surface area contributed by atoms with Crippen molar-refractivity contribution in [3.63, 3.8) is 0 Å². The lowest BCUT2D eigenvalue weighted by Gasteiger charge is -2.15. The van der Waals surface area contributed by atoms with E-state index < -0.39 is 0 Å². The van der Waals surface area contributed by atoms with E-state index in [0.29, 0.717) is 6.04 Å². The molecule has 2 aromatic carbocycles. The molecule has 0 heterocycles. The van der Waals surface area contributed by atoms with Crippen molar-refractivity contribution < 1.29 is 0 Å². The molecule has 0 aliphatic carbocycles. The van der Waals surface area contributed by atoms with Crippen LogP contribution in [0.4, 0.5) is 0 Å². The van der Waals surface area contributed by atoms with Crippen LogP contribution in [0.3, 0.4) is 0 Å². The molecule has 2 heteroatoms. The fraction of sp³-hybridized carbons (Fsp3) is 0.294.